The van der Waals surface area contributed by atoms with Crippen molar-refractivity contribution in [3.8, 4) is 0 Å². The zero-order chi connectivity index (χ0) is 34.0. The molecule has 4 heterocycles. The van der Waals surface area contributed by atoms with Crippen molar-refractivity contribution in [2.45, 2.75) is 121 Å². The maximum atomic E-state index is 14.6. The first kappa shape index (κ1) is 36.5. The molecule has 6 N–H and O–H groups in total. The van der Waals surface area contributed by atoms with Gasteiger partial charge in [0.05, 0.1) is 30.1 Å². The number of primary amides is 1. The average molecular weight is 687 g/mol. The van der Waals surface area contributed by atoms with Gasteiger partial charge in [0.2, 0.25) is 11.8 Å². The van der Waals surface area contributed by atoms with Crippen LogP contribution in [0.4, 0.5) is 0 Å². The predicted molar refractivity (Wildman–Crippen MR) is 190 cm³/mol. The predicted octanol–water partition coefficient (Wildman–Crippen LogP) is 2.66. The molecule has 0 bridgehead atoms. The number of likely N-dealkylation sites (tertiary alicyclic amines) is 1. The Bertz CT molecular complexity index is 1240. The fraction of sp³-hybridized carbons (Fsp3) is 0.771. The maximum absolute atomic E-state index is 14.6. The number of nitrogens with two attached hydrogens (primary N) is 2. The van der Waals surface area contributed by atoms with Crippen LogP contribution in [0, 0.1) is 5.92 Å². The topological polar surface area (TPSA) is 159 Å². The minimum atomic E-state index is -0.713. The molecule has 3 aliphatic heterocycles. The Morgan fingerprint density at radius 3 is 2.50 bits per heavy atom. The number of hydrogen-bond donors (Lipinski definition) is 4. The fourth-order valence-electron chi connectivity index (χ4n) is 7.64. The highest BCUT2D eigenvalue weighted by Gasteiger charge is 2.41. The monoisotopic (exact) mass is 686 g/mol. The van der Waals surface area contributed by atoms with Gasteiger partial charge < -0.3 is 41.5 Å². The van der Waals surface area contributed by atoms with Crippen LogP contribution in [0.5, 0.6) is 0 Å². The van der Waals surface area contributed by atoms with Gasteiger partial charge in [-0.05, 0) is 109 Å². The molecule has 1 saturated carbocycles. The van der Waals surface area contributed by atoms with E-state index in [4.69, 9.17) is 21.2 Å². The van der Waals surface area contributed by atoms with Crippen molar-refractivity contribution >= 4 is 35.1 Å². The number of aliphatic imine (C=N–C) groups is 1. The summed E-state index contributed by atoms with van der Waals surface area (Å²) in [6, 6.07) is 3.29. The number of thiophene rings is 1. The SMILES string of the molecule is CC[C@@H]1OC(N2CCN(C(=O)[C@@H](CCCCN3CCCCC3)NC3CCC(CN)CC3)[C@H](C(=O)NCc3ccc(C(N)=O)s3)C2)=N[C@H]1C. The lowest BCUT2D eigenvalue weighted by atomic mass is 9.85. The molecule has 1 aliphatic carbocycles. The van der Waals surface area contributed by atoms with Gasteiger partial charge in [0, 0.05) is 24.0 Å². The molecule has 2 saturated heterocycles. The second kappa shape index (κ2) is 17.8. The number of nitrogens with one attached hydrogen (secondary N) is 2. The summed E-state index contributed by atoms with van der Waals surface area (Å²) in [6.07, 6.45) is 11.7. The Labute approximate surface area is 290 Å². The third-order valence-corrected chi connectivity index (χ3v) is 11.8. The molecule has 1 aromatic rings. The van der Waals surface area contributed by atoms with Gasteiger partial charge in [-0.1, -0.05) is 19.8 Å². The summed E-state index contributed by atoms with van der Waals surface area (Å²) in [5.41, 5.74) is 11.4. The standard InChI is InChI=1S/C35H58N8O4S/c1-3-30-24(2)39-35(47-30)42-19-20-43(29(23-42)33(45)38-22-27-14-15-31(48-27)32(37)44)34(46)28(40-26-12-10-25(21-36)11-13-26)9-5-8-18-41-16-6-4-7-17-41/h14-15,24-26,28-30,40H,3-13,16-23,36H2,1-2H3,(H2,37,44)(H,38,45)/t24-,25?,26?,28+,29-,30-/m0/s1. The molecular formula is C35H58N8O4S. The van der Waals surface area contributed by atoms with Gasteiger partial charge in [0.15, 0.2) is 0 Å². The summed E-state index contributed by atoms with van der Waals surface area (Å²) in [4.78, 5) is 52.5. The zero-order valence-corrected chi connectivity index (χ0v) is 29.9. The van der Waals surface area contributed by atoms with E-state index in [0.717, 1.165) is 69.3 Å². The first-order valence-corrected chi connectivity index (χ1v) is 19.2. The summed E-state index contributed by atoms with van der Waals surface area (Å²) < 4.78 is 6.20. The van der Waals surface area contributed by atoms with Crippen LogP contribution in [-0.2, 0) is 20.9 Å². The smallest absolute Gasteiger partial charge is 0.288 e. The maximum Gasteiger partial charge on any atom is 0.288 e. The van der Waals surface area contributed by atoms with Crippen molar-refractivity contribution in [1.82, 2.24) is 25.3 Å². The molecule has 0 spiro atoms. The number of unbranched alkanes of at least 4 members (excludes halogenated alkanes) is 1. The molecule has 3 fully saturated rings. The van der Waals surface area contributed by atoms with Crippen molar-refractivity contribution < 1.29 is 19.1 Å². The largest absolute Gasteiger partial charge is 0.460 e. The molecule has 1 aromatic heterocycles. The van der Waals surface area contributed by atoms with E-state index < -0.39 is 11.9 Å². The summed E-state index contributed by atoms with van der Waals surface area (Å²) in [7, 11) is 0. The Morgan fingerprint density at radius 2 is 1.83 bits per heavy atom. The molecule has 0 radical (unpaired) electrons. The second-order valence-corrected chi connectivity index (χ2v) is 15.3. The lowest BCUT2D eigenvalue weighted by Gasteiger charge is -2.42. The molecule has 5 rings (SSSR count). The summed E-state index contributed by atoms with van der Waals surface area (Å²) in [6.45, 7) is 9.79. The van der Waals surface area contributed by atoms with Crippen molar-refractivity contribution in [3.63, 3.8) is 0 Å². The number of rotatable bonds is 14. The number of piperidine rings is 1. The number of amides is 3. The Balaban J connectivity index is 1.29. The number of ether oxygens (including phenoxy) is 1. The molecule has 268 valence electrons. The van der Waals surface area contributed by atoms with Gasteiger partial charge in [-0.25, -0.2) is 4.99 Å². The Kier molecular flexibility index (Phi) is 13.5. The van der Waals surface area contributed by atoms with Crippen molar-refractivity contribution in [3.05, 3.63) is 21.9 Å². The van der Waals surface area contributed by atoms with Gasteiger partial charge in [0.1, 0.15) is 12.1 Å². The van der Waals surface area contributed by atoms with E-state index in [-0.39, 0.29) is 42.6 Å². The third kappa shape index (κ3) is 9.70. The van der Waals surface area contributed by atoms with Crippen LogP contribution < -0.4 is 22.1 Å². The highest BCUT2D eigenvalue weighted by molar-refractivity contribution is 7.14. The average Bonchev–Trinajstić information content (AvgIpc) is 3.75. The summed E-state index contributed by atoms with van der Waals surface area (Å²) >= 11 is 1.27. The van der Waals surface area contributed by atoms with Gasteiger partial charge in [-0.2, -0.15) is 0 Å². The first-order chi connectivity index (χ1) is 23.2. The van der Waals surface area contributed by atoms with Crippen LogP contribution in [0.1, 0.15) is 99.0 Å². The van der Waals surface area contributed by atoms with Crippen LogP contribution in [0.2, 0.25) is 0 Å². The van der Waals surface area contributed by atoms with Crippen LogP contribution in [0.15, 0.2) is 17.1 Å². The Morgan fingerprint density at radius 1 is 1.06 bits per heavy atom. The summed E-state index contributed by atoms with van der Waals surface area (Å²) in [5.74, 6) is -0.163. The molecule has 4 atom stereocenters. The lowest BCUT2D eigenvalue weighted by Crippen LogP contribution is -2.64. The number of carbonyl (C=O) groups excluding carboxylic acids is 3. The first-order valence-electron chi connectivity index (χ1n) is 18.4. The van der Waals surface area contributed by atoms with Gasteiger partial charge in [-0.3, -0.25) is 14.4 Å². The van der Waals surface area contributed by atoms with Crippen molar-refractivity contribution in [2.24, 2.45) is 22.4 Å². The van der Waals surface area contributed by atoms with E-state index in [1.54, 1.807) is 17.0 Å². The molecule has 48 heavy (non-hydrogen) atoms. The highest BCUT2D eigenvalue weighted by Crippen LogP contribution is 2.26. The lowest BCUT2D eigenvalue weighted by molar-refractivity contribution is -0.145. The minimum Gasteiger partial charge on any atom is -0.460 e. The molecule has 13 heteroatoms. The van der Waals surface area contributed by atoms with Crippen LogP contribution >= 0.6 is 11.3 Å². The molecule has 0 unspecified atom stereocenters. The number of piperazine rings is 1. The van der Waals surface area contributed by atoms with E-state index in [2.05, 4.69) is 29.4 Å². The Hall–Kier alpha value is -2.74. The molecule has 0 aromatic carbocycles. The molecule has 3 amide bonds. The van der Waals surface area contributed by atoms with Gasteiger partial charge in [0.25, 0.3) is 11.9 Å². The van der Waals surface area contributed by atoms with Gasteiger partial charge in [-0.15, -0.1) is 11.3 Å². The quantitative estimate of drug-likeness (QED) is 0.218. The fourth-order valence-corrected chi connectivity index (χ4v) is 8.44. The van der Waals surface area contributed by atoms with Crippen LogP contribution in [0.3, 0.4) is 0 Å². The van der Waals surface area contributed by atoms with Crippen LogP contribution in [-0.4, -0.2) is 115 Å². The van der Waals surface area contributed by atoms with E-state index in [9.17, 15) is 14.4 Å². The van der Waals surface area contributed by atoms with Crippen molar-refractivity contribution in [2.75, 3.05) is 45.8 Å². The van der Waals surface area contributed by atoms with E-state index >= 15 is 0 Å². The highest BCUT2D eigenvalue weighted by atomic mass is 32.1. The summed E-state index contributed by atoms with van der Waals surface area (Å²) in [5, 5.41) is 6.82. The molecule has 4 aliphatic rings. The van der Waals surface area contributed by atoms with E-state index in [1.165, 1.54) is 43.7 Å². The van der Waals surface area contributed by atoms with E-state index in [1.807, 2.05) is 4.90 Å². The third-order valence-electron chi connectivity index (χ3n) is 10.7. The number of hydrogen-bond acceptors (Lipinski definition) is 10. The second-order valence-electron chi connectivity index (χ2n) is 14.1. The van der Waals surface area contributed by atoms with Gasteiger partial charge >= 0.3 is 0 Å². The van der Waals surface area contributed by atoms with E-state index in [0.29, 0.717) is 36.5 Å². The van der Waals surface area contributed by atoms with Crippen LogP contribution in [0.25, 0.3) is 0 Å². The number of carbonyl (C=O) groups is 3. The molecular weight excluding hydrogens is 629 g/mol. The number of nitrogens with zero attached hydrogens (tertiary/aromatic N) is 4. The van der Waals surface area contributed by atoms with Crippen molar-refractivity contribution in [1.29, 1.82) is 0 Å². The normalized spacial score (nSPS) is 27.3. The number of amidine groups is 1. The minimum absolute atomic E-state index is 0.00468. The molecule has 12 nitrogen and oxygen atoms in total. The zero-order valence-electron chi connectivity index (χ0n) is 29.0.